The number of fused-ring (bicyclic) bond motifs is 1. The van der Waals surface area contributed by atoms with Crippen LogP contribution in [-0.2, 0) is 25.4 Å². The summed E-state index contributed by atoms with van der Waals surface area (Å²) in [5.74, 6) is -1.92. The Kier molecular flexibility index (Phi) is 9.78. The lowest BCUT2D eigenvalue weighted by atomic mass is 9.97. The minimum atomic E-state index is -0.900. The average molecular weight is 407 g/mol. The number of esters is 2. The van der Waals surface area contributed by atoms with Gasteiger partial charge in [-0.3, -0.25) is 0 Å². The number of aryl methyl sites for hydroxylation is 1. The number of rotatable bonds is 15. The number of ether oxygens (including phenoxy) is 4. The quantitative estimate of drug-likeness (QED) is 0.176. The van der Waals surface area contributed by atoms with Crippen LogP contribution in [0.5, 0.6) is 0 Å². The molecular weight excluding hydrogens is 372 g/mol. The van der Waals surface area contributed by atoms with Crippen molar-refractivity contribution in [1.29, 1.82) is 0 Å². The summed E-state index contributed by atoms with van der Waals surface area (Å²) in [5.41, 5.74) is 1.81. The summed E-state index contributed by atoms with van der Waals surface area (Å²) in [6.07, 6.45) is 12.0. The zero-order valence-corrected chi connectivity index (χ0v) is 18.0. The van der Waals surface area contributed by atoms with Crippen molar-refractivity contribution >= 4 is 11.9 Å². The van der Waals surface area contributed by atoms with Crippen molar-refractivity contribution in [3.63, 3.8) is 0 Å². The summed E-state index contributed by atoms with van der Waals surface area (Å²) in [7, 11) is 4.80. The van der Waals surface area contributed by atoms with E-state index in [0.717, 1.165) is 44.1 Å². The Hall–Kier alpha value is -1.76. The van der Waals surface area contributed by atoms with Gasteiger partial charge in [-0.2, -0.15) is 0 Å². The smallest absolute Gasteiger partial charge is 0.347 e. The molecule has 162 valence electrons. The maximum absolute atomic E-state index is 11.8. The molecule has 1 aromatic rings. The predicted octanol–water partition coefficient (Wildman–Crippen LogP) is 5.03. The second-order valence-corrected chi connectivity index (χ2v) is 7.49. The van der Waals surface area contributed by atoms with E-state index in [-0.39, 0.29) is 0 Å². The Morgan fingerprint density at radius 2 is 1.31 bits per heavy atom. The average Bonchev–Trinajstić information content (AvgIpc) is 3.04. The molecule has 0 aromatic heterocycles. The molecule has 29 heavy (non-hydrogen) atoms. The van der Waals surface area contributed by atoms with Crippen LogP contribution in [0.25, 0.3) is 0 Å². The first-order valence-corrected chi connectivity index (χ1v) is 10.6. The second kappa shape index (κ2) is 12.1. The Bertz CT molecular complexity index is 657. The van der Waals surface area contributed by atoms with Crippen LogP contribution in [0.3, 0.4) is 0 Å². The number of carbonyl (C=O) groups is 2. The molecule has 0 bridgehead atoms. The van der Waals surface area contributed by atoms with Crippen molar-refractivity contribution in [2.45, 2.75) is 76.6 Å². The van der Waals surface area contributed by atoms with Crippen molar-refractivity contribution in [2.24, 2.45) is 0 Å². The third kappa shape index (κ3) is 6.63. The first kappa shape index (κ1) is 23.5. The maximum atomic E-state index is 11.8. The van der Waals surface area contributed by atoms with Crippen molar-refractivity contribution < 1.29 is 28.5 Å². The molecule has 0 radical (unpaired) electrons. The topological polar surface area (TPSA) is 71.1 Å². The molecule has 0 N–H and O–H groups in total. The number of cyclic esters (lactones) is 2. The second-order valence-electron chi connectivity index (χ2n) is 7.49. The van der Waals surface area contributed by atoms with Gasteiger partial charge in [-0.15, -0.1) is 0 Å². The lowest BCUT2D eigenvalue weighted by Crippen LogP contribution is -2.35. The van der Waals surface area contributed by atoms with E-state index in [1.165, 1.54) is 32.1 Å². The molecule has 0 saturated carbocycles. The van der Waals surface area contributed by atoms with Gasteiger partial charge in [-0.25, -0.2) is 9.59 Å². The first-order chi connectivity index (χ1) is 14.1. The Labute approximate surface area is 173 Å². The number of hydrogen-bond donors (Lipinski definition) is 0. The summed E-state index contributed by atoms with van der Waals surface area (Å²) in [4.78, 5) is 23.4. The van der Waals surface area contributed by atoms with Gasteiger partial charge in [0.05, 0.1) is 11.1 Å². The van der Waals surface area contributed by atoms with Crippen LogP contribution in [0.2, 0.25) is 0 Å². The molecule has 0 atom stereocenters. The number of methoxy groups -OCH3 is 3. The fraction of sp³-hybridized carbons (Fsp3) is 0.652. The highest BCUT2D eigenvalue weighted by molar-refractivity contribution is 6.15. The van der Waals surface area contributed by atoms with Gasteiger partial charge in [0, 0.05) is 27.8 Å². The van der Waals surface area contributed by atoms with Gasteiger partial charge in [0.25, 0.3) is 5.97 Å². The highest BCUT2D eigenvalue weighted by Gasteiger charge is 2.31. The third-order valence-corrected chi connectivity index (χ3v) is 5.62. The van der Waals surface area contributed by atoms with Crippen molar-refractivity contribution in [2.75, 3.05) is 21.3 Å². The minimum Gasteiger partial charge on any atom is -0.386 e. The van der Waals surface area contributed by atoms with E-state index in [2.05, 4.69) is 0 Å². The van der Waals surface area contributed by atoms with Crippen LogP contribution in [0.1, 0.15) is 90.5 Å². The zero-order valence-electron chi connectivity index (χ0n) is 18.0. The fourth-order valence-electron chi connectivity index (χ4n) is 3.86. The highest BCUT2D eigenvalue weighted by atomic mass is 16.9. The fourth-order valence-corrected chi connectivity index (χ4v) is 3.86. The maximum Gasteiger partial charge on any atom is 0.347 e. The van der Waals surface area contributed by atoms with E-state index in [9.17, 15) is 9.59 Å². The van der Waals surface area contributed by atoms with Crippen molar-refractivity contribution in [3.8, 4) is 0 Å². The monoisotopic (exact) mass is 406 g/mol. The van der Waals surface area contributed by atoms with Crippen molar-refractivity contribution in [3.05, 3.63) is 34.9 Å². The van der Waals surface area contributed by atoms with E-state index >= 15 is 0 Å². The number of hydrogen-bond acceptors (Lipinski definition) is 6. The van der Waals surface area contributed by atoms with Crippen LogP contribution in [0.15, 0.2) is 18.2 Å². The first-order valence-electron chi connectivity index (χ1n) is 10.6. The largest absolute Gasteiger partial charge is 0.386 e. The van der Waals surface area contributed by atoms with Crippen LogP contribution in [0, 0.1) is 0 Å². The molecule has 0 unspecified atom stereocenters. The lowest BCUT2D eigenvalue weighted by molar-refractivity contribution is -0.355. The summed E-state index contributed by atoms with van der Waals surface area (Å²) in [6, 6.07) is 5.40. The summed E-state index contributed by atoms with van der Waals surface area (Å²) in [5, 5.41) is 0. The molecule has 0 amide bonds. The molecule has 0 spiro atoms. The molecular formula is C23H34O6. The van der Waals surface area contributed by atoms with Crippen LogP contribution in [0.4, 0.5) is 0 Å². The lowest BCUT2D eigenvalue weighted by Gasteiger charge is -2.28. The molecule has 0 aliphatic carbocycles. The minimum absolute atomic E-state index is 0.409. The SMILES string of the molecule is COC(CCCCCCCCCCCc1cccc2c1C(=O)OC2=O)(OC)OC. The number of carbonyl (C=O) groups excluding carboxylic acids is 2. The molecule has 0 fully saturated rings. The number of benzene rings is 1. The zero-order chi connectivity index (χ0) is 21.1. The normalized spacial score (nSPS) is 13.6. The molecule has 6 nitrogen and oxygen atoms in total. The standard InChI is InChI=1S/C23H34O6/c1-26-23(27-2,28-3)17-12-10-8-6-4-5-7-9-11-14-18-15-13-16-19-20(18)22(25)29-21(19)24/h13,15-16H,4-12,14,17H2,1-3H3. The molecule has 0 saturated heterocycles. The van der Waals surface area contributed by atoms with Gasteiger partial charge >= 0.3 is 11.9 Å². The van der Waals surface area contributed by atoms with E-state index in [4.69, 9.17) is 18.9 Å². The summed E-state index contributed by atoms with van der Waals surface area (Å²) < 4.78 is 20.6. The van der Waals surface area contributed by atoms with Crippen molar-refractivity contribution in [1.82, 2.24) is 0 Å². The highest BCUT2D eigenvalue weighted by Crippen LogP contribution is 2.25. The molecule has 1 aliphatic rings. The molecule has 1 aromatic carbocycles. The van der Waals surface area contributed by atoms with Crippen LogP contribution in [-0.4, -0.2) is 39.2 Å². The molecule has 1 aliphatic heterocycles. The van der Waals surface area contributed by atoms with Gasteiger partial charge in [-0.1, -0.05) is 57.1 Å². The van der Waals surface area contributed by atoms with Gasteiger partial charge in [0.15, 0.2) is 0 Å². The Morgan fingerprint density at radius 1 is 0.759 bits per heavy atom. The Morgan fingerprint density at radius 3 is 1.90 bits per heavy atom. The van der Waals surface area contributed by atoms with Gasteiger partial charge < -0.3 is 18.9 Å². The molecule has 2 rings (SSSR count). The van der Waals surface area contributed by atoms with Crippen LogP contribution >= 0.6 is 0 Å². The van der Waals surface area contributed by atoms with E-state index in [0.29, 0.717) is 11.1 Å². The van der Waals surface area contributed by atoms with E-state index in [1.54, 1.807) is 27.4 Å². The third-order valence-electron chi connectivity index (χ3n) is 5.62. The van der Waals surface area contributed by atoms with E-state index in [1.807, 2.05) is 12.1 Å². The summed E-state index contributed by atoms with van der Waals surface area (Å²) in [6.45, 7) is 0. The number of unbranched alkanes of at least 4 members (excludes halogenated alkanes) is 8. The van der Waals surface area contributed by atoms with Gasteiger partial charge in [0.1, 0.15) is 0 Å². The summed E-state index contributed by atoms with van der Waals surface area (Å²) >= 11 is 0. The molecule has 6 heteroatoms. The van der Waals surface area contributed by atoms with E-state index < -0.39 is 17.9 Å². The Balaban J connectivity index is 1.52. The predicted molar refractivity (Wildman–Crippen MR) is 110 cm³/mol. The van der Waals surface area contributed by atoms with Crippen LogP contribution < -0.4 is 0 Å². The van der Waals surface area contributed by atoms with Gasteiger partial charge in [-0.05, 0) is 30.9 Å². The van der Waals surface area contributed by atoms with Gasteiger partial charge in [0.2, 0.25) is 0 Å². The molecule has 1 heterocycles.